The Bertz CT molecular complexity index is 625. The first kappa shape index (κ1) is 11.2. The van der Waals surface area contributed by atoms with Crippen LogP contribution in [0.2, 0.25) is 0 Å². The fourth-order valence-corrected chi connectivity index (χ4v) is 2.91. The van der Waals surface area contributed by atoms with E-state index in [9.17, 15) is 4.79 Å². The Morgan fingerprint density at radius 3 is 2.89 bits per heavy atom. The molecule has 0 aromatic heterocycles. The van der Waals surface area contributed by atoms with Gasteiger partial charge in [0.25, 0.3) is 0 Å². The van der Waals surface area contributed by atoms with E-state index in [0.29, 0.717) is 5.78 Å². The van der Waals surface area contributed by atoms with Crippen LogP contribution in [0.5, 0.6) is 0 Å². The maximum absolute atomic E-state index is 12.6. The Balaban J connectivity index is 2.19. The molecule has 1 aliphatic carbocycles. The highest BCUT2D eigenvalue weighted by molar-refractivity contribution is 6.11. The predicted octanol–water partition coefficient (Wildman–Crippen LogP) is 4.16. The van der Waals surface area contributed by atoms with Crippen LogP contribution in [0.1, 0.15) is 28.8 Å². The number of Topliss-reactive ketones (excluding diaryl/α,β-unsaturated/α-hetero) is 1. The van der Waals surface area contributed by atoms with Crippen LogP contribution in [0.25, 0.3) is 10.8 Å². The van der Waals surface area contributed by atoms with E-state index in [1.165, 1.54) is 5.56 Å². The monoisotopic (exact) mass is 236 g/mol. The predicted molar refractivity (Wildman–Crippen MR) is 74.9 cm³/mol. The molecule has 2 aromatic rings. The molecule has 1 heteroatoms. The summed E-state index contributed by atoms with van der Waals surface area (Å²) in [7, 11) is 0. The van der Waals surface area contributed by atoms with Crippen molar-refractivity contribution in [3.05, 3.63) is 60.2 Å². The van der Waals surface area contributed by atoms with E-state index in [-0.39, 0.29) is 5.92 Å². The molecule has 0 amide bonds. The summed E-state index contributed by atoms with van der Waals surface area (Å²) in [6.07, 6.45) is 4.61. The topological polar surface area (TPSA) is 17.1 Å². The van der Waals surface area contributed by atoms with E-state index in [1.54, 1.807) is 0 Å². The number of fused-ring (bicyclic) bond motifs is 3. The van der Waals surface area contributed by atoms with Gasteiger partial charge in [0.15, 0.2) is 5.78 Å². The first-order valence-corrected chi connectivity index (χ1v) is 6.47. The average Bonchev–Trinajstić information content (AvgIpc) is 2.41. The van der Waals surface area contributed by atoms with Crippen molar-refractivity contribution in [3.8, 4) is 0 Å². The Morgan fingerprint density at radius 2 is 2.06 bits per heavy atom. The lowest BCUT2D eigenvalue weighted by Crippen LogP contribution is -2.22. The van der Waals surface area contributed by atoms with Crippen molar-refractivity contribution < 1.29 is 4.79 Å². The molecule has 0 N–H and O–H groups in total. The van der Waals surface area contributed by atoms with Crippen molar-refractivity contribution in [2.75, 3.05) is 0 Å². The van der Waals surface area contributed by atoms with Gasteiger partial charge < -0.3 is 0 Å². The molecule has 0 saturated heterocycles. The van der Waals surface area contributed by atoms with Crippen LogP contribution >= 0.6 is 0 Å². The van der Waals surface area contributed by atoms with Gasteiger partial charge in [-0.1, -0.05) is 42.5 Å². The number of carbonyl (C=O) groups is 1. The van der Waals surface area contributed by atoms with Crippen molar-refractivity contribution in [2.45, 2.75) is 19.3 Å². The zero-order chi connectivity index (χ0) is 12.5. The minimum Gasteiger partial charge on any atom is -0.294 e. The Hall–Kier alpha value is -1.89. The first-order chi connectivity index (χ1) is 8.81. The second-order valence-electron chi connectivity index (χ2n) is 4.95. The third-order valence-corrected chi connectivity index (χ3v) is 3.85. The van der Waals surface area contributed by atoms with E-state index < -0.39 is 0 Å². The molecule has 0 radical (unpaired) electrons. The van der Waals surface area contributed by atoms with Crippen LogP contribution in [0.4, 0.5) is 0 Å². The Morgan fingerprint density at radius 1 is 1.22 bits per heavy atom. The number of rotatable bonds is 2. The fraction of sp³-hybridized carbons (Fsp3) is 0.235. The largest absolute Gasteiger partial charge is 0.294 e. The molecule has 0 fully saturated rings. The number of hydrogen-bond donors (Lipinski definition) is 0. The van der Waals surface area contributed by atoms with E-state index >= 15 is 0 Å². The van der Waals surface area contributed by atoms with Gasteiger partial charge in [-0.15, -0.1) is 6.58 Å². The first-order valence-electron chi connectivity index (χ1n) is 6.47. The molecular weight excluding hydrogens is 220 g/mol. The van der Waals surface area contributed by atoms with Crippen LogP contribution in [-0.2, 0) is 6.42 Å². The number of aryl methyl sites for hydroxylation is 1. The quantitative estimate of drug-likeness (QED) is 0.715. The van der Waals surface area contributed by atoms with Gasteiger partial charge in [0.05, 0.1) is 0 Å². The summed E-state index contributed by atoms with van der Waals surface area (Å²) in [5.74, 6) is 0.425. The lowest BCUT2D eigenvalue weighted by atomic mass is 9.79. The van der Waals surface area contributed by atoms with Crippen molar-refractivity contribution >= 4 is 16.6 Å². The lowest BCUT2D eigenvalue weighted by Gasteiger charge is -2.23. The van der Waals surface area contributed by atoms with Crippen LogP contribution in [0.15, 0.2) is 49.1 Å². The summed E-state index contributed by atoms with van der Waals surface area (Å²) in [6, 6.07) is 12.4. The molecule has 1 nitrogen and oxygen atoms in total. The number of allylic oxidation sites excluding steroid dienone is 1. The normalized spacial score (nSPS) is 18.7. The molecule has 1 atom stereocenters. The Labute approximate surface area is 107 Å². The maximum Gasteiger partial charge on any atom is 0.167 e. The van der Waals surface area contributed by atoms with Crippen LogP contribution in [0, 0.1) is 5.92 Å². The minimum absolute atomic E-state index is 0.126. The van der Waals surface area contributed by atoms with Gasteiger partial charge in [-0.2, -0.15) is 0 Å². The fourth-order valence-electron chi connectivity index (χ4n) is 2.91. The third-order valence-electron chi connectivity index (χ3n) is 3.85. The molecule has 0 aliphatic heterocycles. The van der Waals surface area contributed by atoms with Gasteiger partial charge in [-0.3, -0.25) is 4.79 Å². The maximum atomic E-state index is 12.6. The second kappa shape index (κ2) is 4.41. The third kappa shape index (κ3) is 1.67. The summed E-state index contributed by atoms with van der Waals surface area (Å²) in [5, 5.41) is 2.26. The number of benzene rings is 2. The molecular formula is C17H16O. The van der Waals surface area contributed by atoms with Gasteiger partial charge >= 0.3 is 0 Å². The summed E-state index contributed by atoms with van der Waals surface area (Å²) < 4.78 is 0. The highest BCUT2D eigenvalue weighted by atomic mass is 16.1. The SMILES string of the molecule is C=CCC1CCc2ccc3ccccc3c2C1=O. The number of ketones is 1. The molecule has 1 unspecified atom stereocenters. The highest BCUT2D eigenvalue weighted by Gasteiger charge is 2.27. The van der Waals surface area contributed by atoms with Crippen LogP contribution < -0.4 is 0 Å². The number of carbonyl (C=O) groups excluding carboxylic acids is 1. The molecule has 1 aliphatic rings. The average molecular weight is 236 g/mol. The zero-order valence-electron chi connectivity index (χ0n) is 10.4. The van der Waals surface area contributed by atoms with E-state index in [0.717, 1.165) is 35.6 Å². The van der Waals surface area contributed by atoms with Gasteiger partial charge in [0, 0.05) is 11.5 Å². The zero-order valence-corrected chi connectivity index (χ0v) is 10.4. The van der Waals surface area contributed by atoms with Crippen molar-refractivity contribution in [1.29, 1.82) is 0 Å². The summed E-state index contributed by atoms with van der Waals surface area (Å²) in [6.45, 7) is 3.76. The van der Waals surface area contributed by atoms with Gasteiger partial charge in [-0.05, 0) is 35.6 Å². The summed E-state index contributed by atoms with van der Waals surface area (Å²) in [5.41, 5.74) is 2.16. The van der Waals surface area contributed by atoms with Gasteiger partial charge in [0.2, 0.25) is 0 Å². The molecule has 0 bridgehead atoms. The van der Waals surface area contributed by atoms with Gasteiger partial charge in [-0.25, -0.2) is 0 Å². The highest BCUT2D eigenvalue weighted by Crippen LogP contribution is 2.32. The van der Waals surface area contributed by atoms with Crippen LogP contribution in [0.3, 0.4) is 0 Å². The standard InChI is InChI=1S/C17H16O/c1-2-5-14-11-10-13-9-8-12-6-3-4-7-15(12)16(13)17(14)18/h2-4,6-9,14H,1,5,10-11H2. The van der Waals surface area contributed by atoms with E-state index in [4.69, 9.17) is 0 Å². The van der Waals surface area contributed by atoms with Crippen LogP contribution in [-0.4, -0.2) is 5.78 Å². The van der Waals surface area contributed by atoms with Crippen molar-refractivity contribution in [3.63, 3.8) is 0 Å². The lowest BCUT2D eigenvalue weighted by molar-refractivity contribution is 0.0905. The number of hydrogen-bond acceptors (Lipinski definition) is 1. The van der Waals surface area contributed by atoms with Crippen molar-refractivity contribution in [1.82, 2.24) is 0 Å². The molecule has 0 saturated carbocycles. The second-order valence-corrected chi connectivity index (χ2v) is 4.95. The molecule has 18 heavy (non-hydrogen) atoms. The summed E-state index contributed by atoms with van der Waals surface area (Å²) in [4.78, 5) is 12.6. The van der Waals surface area contributed by atoms with Gasteiger partial charge in [0.1, 0.15) is 0 Å². The summed E-state index contributed by atoms with van der Waals surface area (Å²) >= 11 is 0. The Kier molecular flexibility index (Phi) is 2.75. The molecule has 0 spiro atoms. The molecule has 0 heterocycles. The smallest absolute Gasteiger partial charge is 0.167 e. The molecule has 3 rings (SSSR count). The van der Waals surface area contributed by atoms with E-state index in [1.807, 2.05) is 18.2 Å². The van der Waals surface area contributed by atoms with Crippen molar-refractivity contribution in [2.24, 2.45) is 5.92 Å². The van der Waals surface area contributed by atoms with E-state index in [2.05, 4.69) is 30.8 Å². The molecule has 2 aromatic carbocycles. The molecule has 90 valence electrons. The minimum atomic E-state index is 0.126.